The van der Waals surface area contributed by atoms with Crippen LogP contribution in [0.3, 0.4) is 0 Å². The minimum Gasteiger partial charge on any atom is -0.384 e. The summed E-state index contributed by atoms with van der Waals surface area (Å²) in [6.45, 7) is 3.84. The number of halogens is 2. The average Bonchev–Trinajstić information content (AvgIpc) is 3.00. The summed E-state index contributed by atoms with van der Waals surface area (Å²) in [5.74, 6) is 1.49. The molecule has 11 heteroatoms. The van der Waals surface area contributed by atoms with E-state index in [-0.39, 0.29) is 43.7 Å². The van der Waals surface area contributed by atoms with Crippen molar-refractivity contribution in [2.75, 3.05) is 29.5 Å². The van der Waals surface area contributed by atoms with Crippen molar-refractivity contribution in [3.8, 4) is 0 Å². The van der Waals surface area contributed by atoms with Gasteiger partial charge < -0.3 is 22.1 Å². The number of nitrogen functional groups attached to an aromatic ring is 2. The molecule has 3 heterocycles. The fourth-order valence-electron chi connectivity index (χ4n) is 4.84. The predicted octanol–water partition coefficient (Wildman–Crippen LogP) is 3.14. The molecular formula is C20H27Cl2N7OS. The second-order valence-corrected chi connectivity index (χ2v) is 10.4. The average molecular weight is 484 g/mol. The van der Waals surface area contributed by atoms with E-state index in [0.717, 1.165) is 37.7 Å². The molecule has 0 radical (unpaired) electrons. The van der Waals surface area contributed by atoms with E-state index >= 15 is 0 Å². The number of aromatic nitrogens is 3. The van der Waals surface area contributed by atoms with Crippen molar-refractivity contribution in [2.45, 2.75) is 48.4 Å². The molecule has 6 N–H and O–H groups in total. The van der Waals surface area contributed by atoms with E-state index in [1.54, 1.807) is 13.1 Å². The van der Waals surface area contributed by atoms with Crippen molar-refractivity contribution >= 4 is 52.5 Å². The largest absolute Gasteiger partial charge is 0.384 e. The van der Waals surface area contributed by atoms with Gasteiger partial charge in [-0.1, -0.05) is 41.9 Å². The van der Waals surface area contributed by atoms with Crippen molar-refractivity contribution < 1.29 is 0 Å². The lowest BCUT2D eigenvalue weighted by Gasteiger charge is -2.43. The Labute approximate surface area is 195 Å². The quantitative estimate of drug-likeness (QED) is 0.567. The molecule has 8 nitrogen and oxygen atoms in total. The van der Waals surface area contributed by atoms with Crippen molar-refractivity contribution in [1.29, 1.82) is 0 Å². The molecule has 0 aromatic carbocycles. The summed E-state index contributed by atoms with van der Waals surface area (Å²) in [7, 11) is 1.71. The Morgan fingerprint density at radius 1 is 1.19 bits per heavy atom. The third-order valence-electron chi connectivity index (χ3n) is 6.83. The molecular weight excluding hydrogens is 457 g/mol. The summed E-state index contributed by atoms with van der Waals surface area (Å²) in [4.78, 5) is 24.5. The summed E-state index contributed by atoms with van der Waals surface area (Å²) in [6, 6.07) is 1.79. The first-order chi connectivity index (χ1) is 14.6. The van der Waals surface area contributed by atoms with Crippen LogP contribution in [0.2, 0.25) is 10.2 Å². The van der Waals surface area contributed by atoms with Gasteiger partial charge in [-0.15, -0.1) is 0 Å². The van der Waals surface area contributed by atoms with Gasteiger partial charge in [0, 0.05) is 31.1 Å². The van der Waals surface area contributed by atoms with Crippen LogP contribution in [0.1, 0.15) is 32.6 Å². The smallest absolute Gasteiger partial charge is 0.270 e. The van der Waals surface area contributed by atoms with Gasteiger partial charge in [0.05, 0.1) is 5.02 Å². The topological polar surface area (TPSA) is 129 Å². The van der Waals surface area contributed by atoms with Gasteiger partial charge >= 0.3 is 0 Å². The zero-order chi connectivity index (χ0) is 22.5. The highest BCUT2D eigenvalue weighted by atomic mass is 35.5. The number of hydrogen-bond acceptors (Lipinski definition) is 8. The molecule has 1 aliphatic carbocycles. The Bertz CT molecular complexity index is 1070. The molecule has 1 saturated heterocycles. The molecule has 2 aromatic rings. The number of nitrogens with two attached hydrogens (primary N) is 3. The van der Waals surface area contributed by atoms with Crippen molar-refractivity contribution in [2.24, 2.45) is 24.1 Å². The summed E-state index contributed by atoms with van der Waals surface area (Å²) in [6.07, 6.45) is 4.35. The van der Waals surface area contributed by atoms with Gasteiger partial charge in [-0.25, -0.2) is 4.98 Å². The normalized spacial score (nSPS) is 22.9. The Balaban J connectivity index is 1.59. The first-order valence-corrected chi connectivity index (χ1v) is 11.9. The van der Waals surface area contributed by atoms with Gasteiger partial charge in [-0.3, -0.25) is 9.36 Å². The minimum absolute atomic E-state index is 0.0748. The van der Waals surface area contributed by atoms with E-state index in [2.05, 4.69) is 21.8 Å². The Morgan fingerprint density at radius 2 is 1.87 bits per heavy atom. The maximum absolute atomic E-state index is 13.1. The van der Waals surface area contributed by atoms with Crippen LogP contribution in [0.15, 0.2) is 20.7 Å². The third-order valence-corrected chi connectivity index (χ3v) is 8.82. The SMILES string of the molecule is C[C@@H]1CCC2(CCN(c3nc(N)c(Sc4cc(N)nc(Cl)c4Cl)c(=O)n3C)CC2)[C@@H]1N. The van der Waals surface area contributed by atoms with Gasteiger partial charge in [0.2, 0.25) is 5.95 Å². The van der Waals surface area contributed by atoms with Crippen LogP contribution >= 0.6 is 35.0 Å². The number of hydrogen-bond donors (Lipinski definition) is 3. The third kappa shape index (κ3) is 3.97. The van der Waals surface area contributed by atoms with Crippen molar-refractivity contribution in [1.82, 2.24) is 14.5 Å². The van der Waals surface area contributed by atoms with E-state index in [9.17, 15) is 4.79 Å². The zero-order valence-corrected chi connectivity index (χ0v) is 19.9. The Kier molecular flexibility index (Phi) is 6.06. The molecule has 0 unspecified atom stereocenters. The van der Waals surface area contributed by atoms with E-state index in [1.807, 2.05) is 0 Å². The molecule has 2 fully saturated rings. The maximum Gasteiger partial charge on any atom is 0.270 e. The van der Waals surface area contributed by atoms with Crippen LogP contribution < -0.4 is 27.7 Å². The summed E-state index contributed by atoms with van der Waals surface area (Å²) in [5.41, 5.74) is 18.5. The number of piperidine rings is 1. The number of anilines is 3. The Morgan fingerprint density at radius 3 is 2.48 bits per heavy atom. The molecule has 168 valence electrons. The van der Waals surface area contributed by atoms with Gasteiger partial charge in [0.1, 0.15) is 16.5 Å². The molecule has 0 amide bonds. The van der Waals surface area contributed by atoms with Gasteiger partial charge in [0.15, 0.2) is 5.15 Å². The number of pyridine rings is 1. The van der Waals surface area contributed by atoms with Crippen molar-refractivity contribution in [3.05, 3.63) is 26.6 Å². The second kappa shape index (κ2) is 8.35. The molecule has 1 saturated carbocycles. The highest BCUT2D eigenvalue weighted by Crippen LogP contribution is 2.48. The van der Waals surface area contributed by atoms with Crippen LogP contribution in [0.25, 0.3) is 0 Å². The van der Waals surface area contributed by atoms with Crippen molar-refractivity contribution in [3.63, 3.8) is 0 Å². The predicted molar refractivity (Wildman–Crippen MR) is 127 cm³/mol. The lowest BCUT2D eigenvalue weighted by atomic mass is 9.73. The monoisotopic (exact) mass is 483 g/mol. The molecule has 0 bridgehead atoms. The number of rotatable bonds is 3. The fourth-order valence-corrected chi connectivity index (χ4v) is 6.27. The van der Waals surface area contributed by atoms with Gasteiger partial charge in [-0.2, -0.15) is 4.98 Å². The minimum atomic E-state index is -0.249. The zero-order valence-electron chi connectivity index (χ0n) is 17.6. The molecule has 2 aromatic heterocycles. The molecule has 4 rings (SSSR count). The second-order valence-electron chi connectivity index (χ2n) is 8.63. The molecule has 2 aliphatic rings. The van der Waals surface area contributed by atoms with Gasteiger partial charge in [0.25, 0.3) is 5.56 Å². The van der Waals surface area contributed by atoms with E-state index < -0.39 is 0 Å². The highest BCUT2D eigenvalue weighted by Gasteiger charge is 2.46. The maximum atomic E-state index is 13.1. The lowest BCUT2D eigenvalue weighted by molar-refractivity contribution is 0.185. The van der Waals surface area contributed by atoms with Crippen LogP contribution in [0, 0.1) is 11.3 Å². The van der Waals surface area contributed by atoms with Crippen LogP contribution in [0.4, 0.5) is 17.6 Å². The Hall–Kier alpha value is -1.68. The van der Waals surface area contributed by atoms with E-state index in [4.69, 9.17) is 40.4 Å². The first kappa shape index (κ1) is 22.5. The highest BCUT2D eigenvalue weighted by molar-refractivity contribution is 7.99. The summed E-state index contributed by atoms with van der Waals surface area (Å²) < 4.78 is 1.54. The summed E-state index contributed by atoms with van der Waals surface area (Å²) >= 11 is 13.3. The van der Waals surface area contributed by atoms with Crippen LogP contribution in [-0.4, -0.2) is 33.7 Å². The summed E-state index contributed by atoms with van der Waals surface area (Å²) in [5, 5.41) is 0.292. The molecule has 2 atom stereocenters. The first-order valence-electron chi connectivity index (χ1n) is 10.3. The molecule has 1 aliphatic heterocycles. The fraction of sp³-hybridized carbons (Fsp3) is 0.550. The van der Waals surface area contributed by atoms with Crippen LogP contribution in [0.5, 0.6) is 0 Å². The molecule has 31 heavy (non-hydrogen) atoms. The molecule has 1 spiro atoms. The van der Waals surface area contributed by atoms with E-state index in [1.165, 1.54) is 17.4 Å². The van der Waals surface area contributed by atoms with Crippen LogP contribution in [-0.2, 0) is 7.05 Å². The van der Waals surface area contributed by atoms with Gasteiger partial charge in [-0.05, 0) is 43.1 Å². The van der Waals surface area contributed by atoms with E-state index in [0.29, 0.717) is 16.8 Å². The standard InChI is InChI=1S/C20H27Cl2N7OS/c1-10-3-4-20(15(10)24)5-7-29(8-6-20)19-27-17(25)14(18(30)28(19)2)31-11-9-12(23)26-16(22)13(11)21/h9-10,15H,3-8,24-25H2,1-2H3,(H2,23,26)/t10-,15-/m1/s1. The lowest BCUT2D eigenvalue weighted by Crippen LogP contribution is -2.49. The number of nitrogens with zero attached hydrogens (tertiary/aromatic N) is 4.